The number of allylic oxidation sites excluding steroid dienone is 2. The van der Waals surface area contributed by atoms with E-state index in [-0.39, 0.29) is 18.4 Å². The smallest absolute Gasteiger partial charge is 0.336 e. The summed E-state index contributed by atoms with van der Waals surface area (Å²) >= 11 is 6.41. The van der Waals surface area contributed by atoms with Gasteiger partial charge in [-0.1, -0.05) is 127 Å². The number of carbonyl (C=O) groups excluding carboxylic acids is 2. The molecule has 1 unspecified atom stereocenters. The van der Waals surface area contributed by atoms with Crippen molar-refractivity contribution in [3.8, 4) is 0 Å². The lowest BCUT2D eigenvalue weighted by atomic mass is 9.80. The van der Waals surface area contributed by atoms with Gasteiger partial charge in [0.2, 0.25) is 5.91 Å². The predicted molar refractivity (Wildman–Crippen MR) is 182 cm³/mol. The van der Waals surface area contributed by atoms with E-state index in [0.717, 1.165) is 22.3 Å². The number of hydrogen-bond acceptors (Lipinski definition) is 4. The summed E-state index contributed by atoms with van der Waals surface area (Å²) in [5.74, 6) is -1.33. The van der Waals surface area contributed by atoms with Crippen LogP contribution in [0.15, 0.2) is 144 Å². The molecule has 0 spiro atoms. The van der Waals surface area contributed by atoms with Crippen LogP contribution in [0, 0.1) is 0 Å². The predicted octanol–water partition coefficient (Wildman–Crippen LogP) is 8.17. The summed E-state index contributed by atoms with van der Waals surface area (Å²) in [5.41, 5.74) is 6.26. The van der Waals surface area contributed by atoms with Crippen LogP contribution in [0.2, 0.25) is 5.02 Å². The normalized spacial score (nSPS) is 14.9. The number of amides is 1. The summed E-state index contributed by atoms with van der Waals surface area (Å²) < 4.78 is 5.98. The molecule has 0 bridgehead atoms. The number of dihydropyridines is 1. The van der Waals surface area contributed by atoms with Gasteiger partial charge in [0, 0.05) is 34.5 Å². The lowest BCUT2D eigenvalue weighted by molar-refractivity contribution is -0.139. The molecule has 1 atom stereocenters. The summed E-state index contributed by atoms with van der Waals surface area (Å²) in [5, 5.41) is 6.80. The quantitative estimate of drug-likeness (QED) is 0.167. The summed E-state index contributed by atoms with van der Waals surface area (Å²) in [6.45, 7) is 4.23. The molecule has 0 radical (unpaired) electrons. The van der Waals surface area contributed by atoms with Crippen molar-refractivity contribution < 1.29 is 14.3 Å². The van der Waals surface area contributed by atoms with E-state index in [4.69, 9.17) is 16.3 Å². The van der Waals surface area contributed by atoms with Crippen LogP contribution in [-0.4, -0.2) is 25.0 Å². The molecule has 5 rings (SSSR count). The number of halogens is 1. The minimum absolute atomic E-state index is 0.0657. The van der Waals surface area contributed by atoms with Crippen molar-refractivity contribution in [1.29, 1.82) is 0 Å². The Labute approximate surface area is 270 Å². The van der Waals surface area contributed by atoms with Gasteiger partial charge in [-0.2, -0.15) is 0 Å². The average molecular weight is 617 g/mol. The molecule has 4 aromatic rings. The zero-order valence-corrected chi connectivity index (χ0v) is 26.3. The van der Waals surface area contributed by atoms with Crippen molar-refractivity contribution in [3.05, 3.63) is 171 Å². The van der Waals surface area contributed by atoms with Crippen molar-refractivity contribution in [3.63, 3.8) is 0 Å². The number of hydrogen-bond donors (Lipinski definition) is 2. The van der Waals surface area contributed by atoms with Crippen molar-refractivity contribution in [2.45, 2.75) is 32.1 Å². The maximum absolute atomic E-state index is 13.9. The first-order chi connectivity index (χ1) is 21.9. The van der Waals surface area contributed by atoms with E-state index in [0.29, 0.717) is 40.5 Å². The molecule has 4 aromatic carbocycles. The second-order valence-electron chi connectivity index (χ2n) is 11.0. The number of benzene rings is 4. The minimum atomic E-state index is -0.658. The van der Waals surface area contributed by atoms with Gasteiger partial charge in [-0.3, -0.25) is 4.79 Å². The van der Waals surface area contributed by atoms with Gasteiger partial charge in [0.15, 0.2) is 0 Å². The molecule has 1 aliphatic heterocycles. The fourth-order valence-electron chi connectivity index (χ4n) is 5.83. The summed E-state index contributed by atoms with van der Waals surface area (Å²) in [4.78, 5) is 27.6. The van der Waals surface area contributed by atoms with E-state index < -0.39 is 11.9 Å². The second-order valence-corrected chi connectivity index (χ2v) is 11.4. The average Bonchev–Trinajstić information content (AvgIpc) is 3.06. The van der Waals surface area contributed by atoms with E-state index in [1.165, 1.54) is 0 Å². The Kier molecular flexibility index (Phi) is 10.7. The summed E-state index contributed by atoms with van der Waals surface area (Å²) in [6, 6.07) is 37.7. The highest BCUT2D eigenvalue weighted by atomic mass is 35.5. The van der Waals surface area contributed by atoms with Crippen molar-refractivity contribution >= 4 is 29.6 Å². The van der Waals surface area contributed by atoms with Gasteiger partial charge in [-0.05, 0) is 54.7 Å². The zero-order valence-electron chi connectivity index (χ0n) is 25.5. The Bertz CT molecular complexity index is 1670. The lowest BCUT2D eigenvalue weighted by Crippen LogP contribution is -2.36. The van der Waals surface area contributed by atoms with Gasteiger partial charge in [-0.15, -0.1) is 0 Å². The zero-order chi connectivity index (χ0) is 31.6. The highest BCUT2D eigenvalue weighted by Crippen LogP contribution is 2.39. The van der Waals surface area contributed by atoms with Crippen LogP contribution in [0.5, 0.6) is 0 Å². The first-order valence-corrected chi connectivity index (χ1v) is 15.5. The monoisotopic (exact) mass is 616 g/mol. The lowest BCUT2D eigenvalue weighted by Gasteiger charge is -2.31. The molecule has 5 nitrogen and oxygen atoms in total. The first kappa shape index (κ1) is 31.6. The van der Waals surface area contributed by atoms with Crippen molar-refractivity contribution in [2.24, 2.45) is 0 Å². The Balaban J connectivity index is 1.36. The Morgan fingerprint density at radius 3 is 2.04 bits per heavy atom. The molecule has 45 heavy (non-hydrogen) atoms. The largest absolute Gasteiger partial charge is 0.462 e. The molecule has 0 saturated carbocycles. The molecule has 0 aromatic heterocycles. The van der Waals surface area contributed by atoms with E-state index in [2.05, 4.69) is 34.9 Å². The Hall–Kier alpha value is -4.87. The third kappa shape index (κ3) is 8.00. The fourth-order valence-corrected chi connectivity index (χ4v) is 6.03. The summed E-state index contributed by atoms with van der Waals surface area (Å²) in [6.07, 6.45) is 4.47. The van der Waals surface area contributed by atoms with Gasteiger partial charge >= 0.3 is 5.97 Å². The van der Waals surface area contributed by atoms with Gasteiger partial charge in [0.1, 0.15) is 0 Å². The molecular weight excluding hydrogens is 580 g/mol. The van der Waals surface area contributed by atoms with Crippen LogP contribution in [0.3, 0.4) is 0 Å². The van der Waals surface area contributed by atoms with Gasteiger partial charge in [0.05, 0.1) is 18.1 Å². The SMILES string of the molecule is CC1=C(C(=O)NCC=Cc2ccccc2)C(c2cccc(Cl)c2)C(C(=O)OCCC(c2ccccc2)c2ccccc2)=C(C)N1. The number of esters is 1. The Morgan fingerprint density at radius 1 is 0.822 bits per heavy atom. The molecule has 0 saturated heterocycles. The van der Waals surface area contributed by atoms with E-state index in [1.807, 2.05) is 105 Å². The minimum Gasteiger partial charge on any atom is -0.462 e. The maximum Gasteiger partial charge on any atom is 0.336 e. The van der Waals surface area contributed by atoms with Crippen molar-refractivity contribution in [2.75, 3.05) is 13.2 Å². The van der Waals surface area contributed by atoms with Crippen LogP contribution in [0.4, 0.5) is 0 Å². The maximum atomic E-state index is 13.9. The van der Waals surface area contributed by atoms with Crippen LogP contribution in [-0.2, 0) is 14.3 Å². The number of nitrogens with one attached hydrogen (secondary N) is 2. The molecule has 1 aliphatic rings. The molecule has 228 valence electrons. The molecule has 0 fully saturated rings. The van der Waals surface area contributed by atoms with Crippen LogP contribution < -0.4 is 10.6 Å². The van der Waals surface area contributed by atoms with Gasteiger partial charge < -0.3 is 15.4 Å². The molecular formula is C39H37ClN2O3. The van der Waals surface area contributed by atoms with E-state index >= 15 is 0 Å². The molecule has 2 N–H and O–H groups in total. The van der Waals surface area contributed by atoms with E-state index in [1.54, 1.807) is 12.1 Å². The third-order valence-corrected chi connectivity index (χ3v) is 8.18. The second kappa shape index (κ2) is 15.2. The standard InChI is InChI=1S/C39H37ClN2O3/c1-27-35(38(43)41-24-13-16-29-14-6-3-7-15-29)37(32-21-12-22-33(40)26-32)36(28(2)42-27)39(44)45-25-23-34(30-17-8-4-9-18-30)31-19-10-5-11-20-31/h3-22,26,34,37,42H,23-25H2,1-2H3,(H,41,43). The number of rotatable bonds is 11. The molecule has 6 heteroatoms. The fraction of sp³-hybridized carbons (Fsp3) is 0.179. The highest BCUT2D eigenvalue weighted by molar-refractivity contribution is 6.30. The van der Waals surface area contributed by atoms with Crippen LogP contribution in [0.25, 0.3) is 6.08 Å². The molecule has 0 aliphatic carbocycles. The first-order valence-electron chi connectivity index (χ1n) is 15.1. The van der Waals surface area contributed by atoms with Gasteiger partial charge in [0.25, 0.3) is 0 Å². The molecule has 1 heterocycles. The van der Waals surface area contributed by atoms with E-state index in [9.17, 15) is 9.59 Å². The highest BCUT2D eigenvalue weighted by Gasteiger charge is 2.37. The summed E-state index contributed by atoms with van der Waals surface area (Å²) in [7, 11) is 0. The van der Waals surface area contributed by atoms with Gasteiger partial charge in [-0.25, -0.2) is 4.79 Å². The number of carbonyl (C=O) groups is 2. The third-order valence-electron chi connectivity index (χ3n) is 7.94. The van der Waals surface area contributed by atoms with Crippen molar-refractivity contribution in [1.82, 2.24) is 10.6 Å². The number of ether oxygens (including phenoxy) is 1. The topological polar surface area (TPSA) is 67.4 Å². The molecule has 1 amide bonds. The Morgan fingerprint density at radius 2 is 1.42 bits per heavy atom. The van der Waals surface area contributed by atoms with Crippen LogP contribution >= 0.6 is 11.6 Å². The van der Waals surface area contributed by atoms with Crippen LogP contribution in [0.1, 0.15) is 54.4 Å².